The first-order valence-electron chi connectivity index (χ1n) is 5.70. The quantitative estimate of drug-likeness (QED) is 0.843. The van der Waals surface area contributed by atoms with Crippen molar-refractivity contribution in [3.05, 3.63) is 47.7 Å². The molecule has 0 radical (unpaired) electrons. The number of furan rings is 1. The lowest BCUT2D eigenvalue weighted by atomic mass is 9.99. The molecule has 0 saturated carbocycles. The third kappa shape index (κ3) is 3.09. The van der Waals surface area contributed by atoms with E-state index in [1.807, 2.05) is 25.1 Å². The Bertz CT molecular complexity index is 467. The van der Waals surface area contributed by atoms with Gasteiger partial charge in [-0.2, -0.15) is 22.8 Å². The van der Waals surface area contributed by atoms with Crippen molar-refractivity contribution in [2.45, 2.75) is 31.4 Å². The van der Waals surface area contributed by atoms with Crippen molar-refractivity contribution in [3.8, 4) is 0 Å². The summed E-state index contributed by atoms with van der Waals surface area (Å²) in [6.45, 7) is 4.16. The SMILES string of the molecule is CC(S)c1ccc(CC(C)c2ccnnc2)o1. The molecule has 2 heterocycles. The van der Waals surface area contributed by atoms with E-state index in [1.165, 1.54) is 5.56 Å². The lowest BCUT2D eigenvalue weighted by Crippen LogP contribution is -1.98. The first-order chi connectivity index (χ1) is 8.16. The molecular formula is C13H16N2OS. The first kappa shape index (κ1) is 12.2. The van der Waals surface area contributed by atoms with Crippen LogP contribution in [0.4, 0.5) is 0 Å². The van der Waals surface area contributed by atoms with Crippen molar-refractivity contribution < 1.29 is 4.42 Å². The molecule has 0 aliphatic rings. The number of nitrogens with zero attached hydrogens (tertiary/aromatic N) is 2. The minimum absolute atomic E-state index is 0.140. The summed E-state index contributed by atoms with van der Waals surface area (Å²) < 4.78 is 5.72. The number of hydrogen-bond donors (Lipinski definition) is 1. The van der Waals surface area contributed by atoms with E-state index in [4.69, 9.17) is 4.42 Å². The van der Waals surface area contributed by atoms with Crippen LogP contribution in [-0.4, -0.2) is 10.2 Å². The molecule has 2 aromatic rings. The number of rotatable bonds is 4. The van der Waals surface area contributed by atoms with Gasteiger partial charge in [0.15, 0.2) is 0 Å². The van der Waals surface area contributed by atoms with E-state index in [9.17, 15) is 0 Å². The maximum absolute atomic E-state index is 5.72. The summed E-state index contributed by atoms with van der Waals surface area (Å²) in [6.07, 6.45) is 4.39. The van der Waals surface area contributed by atoms with Gasteiger partial charge in [-0.1, -0.05) is 6.92 Å². The molecule has 0 fully saturated rings. The topological polar surface area (TPSA) is 38.9 Å². The molecule has 0 saturated heterocycles. The van der Waals surface area contributed by atoms with Crippen LogP contribution in [-0.2, 0) is 6.42 Å². The highest BCUT2D eigenvalue weighted by molar-refractivity contribution is 7.80. The van der Waals surface area contributed by atoms with Crippen LogP contribution >= 0.6 is 12.6 Å². The summed E-state index contributed by atoms with van der Waals surface area (Å²) in [7, 11) is 0. The van der Waals surface area contributed by atoms with E-state index in [0.29, 0.717) is 5.92 Å². The molecule has 17 heavy (non-hydrogen) atoms. The van der Waals surface area contributed by atoms with Gasteiger partial charge in [0, 0.05) is 12.6 Å². The third-order valence-corrected chi connectivity index (χ3v) is 3.03. The van der Waals surface area contributed by atoms with Crippen molar-refractivity contribution >= 4 is 12.6 Å². The lowest BCUT2D eigenvalue weighted by molar-refractivity contribution is 0.455. The molecule has 0 N–H and O–H groups in total. The minimum atomic E-state index is 0.140. The Balaban J connectivity index is 2.05. The molecule has 2 unspecified atom stereocenters. The Morgan fingerprint density at radius 3 is 2.65 bits per heavy atom. The number of hydrogen-bond acceptors (Lipinski definition) is 4. The lowest BCUT2D eigenvalue weighted by Gasteiger charge is -2.08. The molecular weight excluding hydrogens is 232 g/mol. The standard InChI is InChI=1S/C13H16N2OS/c1-9(11-5-6-14-15-8-11)7-12-3-4-13(16-12)10(2)17/h3-6,8-10,17H,7H2,1-2H3. The zero-order chi connectivity index (χ0) is 12.3. The molecule has 0 bridgehead atoms. The highest BCUT2D eigenvalue weighted by atomic mass is 32.1. The van der Waals surface area contributed by atoms with Crippen LogP contribution in [0.15, 0.2) is 35.0 Å². The largest absolute Gasteiger partial charge is 0.465 e. The predicted octanol–water partition coefficient (Wildman–Crippen LogP) is 3.41. The molecule has 0 aliphatic heterocycles. The van der Waals surface area contributed by atoms with Crippen molar-refractivity contribution in [1.82, 2.24) is 10.2 Å². The van der Waals surface area contributed by atoms with Gasteiger partial charge in [-0.15, -0.1) is 0 Å². The minimum Gasteiger partial charge on any atom is -0.465 e. The zero-order valence-electron chi connectivity index (χ0n) is 10.00. The van der Waals surface area contributed by atoms with Gasteiger partial charge < -0.3 is 4.42 Å². The fourth-order valence-corrected chi connectivity index (χ4v) is 1.88. The van der Waals surface area contributed by atoms with E-state index in [0.717, 1.165) is 17.9 Å². The Kier molecular flexibility index (Phi) is 3.84. The third-order valence-electron chi connectivity index (χ3n) is 2.78. The molecule has 3 nitrogen and oxygen atoms in total. The highest BCUT2D eigenvalue weighted by Gasteiger charge is 2.11. The fraction of sp³-hybridized carbons (Fsp3) is 0.385. The summed E-state index contributed by atoms with van der Waals surface area (Å²) in [5.74, 6) is 2.29. The summed E-state index contributed by atoms with van der Waals surface area (Å²) in [6, 6.07) is 6.00. The molecule has 0 spiro atoms. The van der Waals surface area contributed by atoms with Crippen LogP contribution in [0.25, 0.3) is 0 Å². The Morgan fingerprint density at radius 2 is 2.06 bits per heavy atom. The maximum Gasteiger partial charge on any atom is 0.116 e. The van der Waals surface area contributed by atoms with Crippen molar-refractivity contribution in [3.63, 3.8) is 0 Å². The maximum atomic E-state index is 5.72. The van der Waals surface area contributed by atoms with Gasteiger partial charge in [0.05, 0.1) is 11.4 Å². The second-order valence-electron chi connectivity index (χ2n) is 4.26. The summed E-state index contributed by atoms with van der Waals surface area (Å²) in [4.78, 5) is 0. The molecule has 2 rings (SSSR count). The molecule has 0 aliphatic carbocycles. The van der Waals surface area contributed by atoms with Crippen molar-refractivity contribution in [2.24, 2.45) is 0 Å². The van der Waals surface area contributed by atoms with Gasteiger partial charge in [-0.25, -0.2) is 0 Å². The van der Waals surface area contributed by atoms with E-state index < -0.39 is 0 Å². The van der Waals surface area contributed by atoms with Crippen LogP contribution < -0.4 is 0 Å². The first-order valence-corrected chi connectivity index (χ1v) is 6.21. The van der Waals surface area contributed by atoms with Crippen molar-refractivity contribution in [1.29, 1.82) is 0 Å². The second-order valence-corrected chi connectivity index (χ2v) is 5.04. The molecule has 4 heteroatoms. The molecule has 90 valence electrons. The van der Waals surface area contributed by atoms with Crippen LogP contribution in [0, 0.1) is 0 Å². The van der Waals surface area contributed by atoms with Crippen LogP contribution in [0.2, 0.25) is 0 Å². The normalized spacial score (nSPS) is 14.5. The summed E-state index contributed by atoms with van der Waals surface area (Å²) in [5, 5.41) is 7.81. The van der Waals surface area contributed by atoms with Crippen LogP contribution in [0.5, 0.6) is 0 Å². The van der Waals surface area contributed by atoms with E-state index >= 15 is 0 Å². The molecule has 0 aromatic carbocycles. The Morgan fingerprint density at radius 1 is 1.24 bits per heavy atom. The summed E-state index contributed by atoms with van der Waals surface area (Å²) in [5.41, 5.74) is 1.18. The van der Waals surface area contributed by atoms with Gasteiger partial charge in [0.2, 0.25) is 0 Å². The second kappa shape index (κ2) is 5.36. The van der Waals surface area contributed by atoms with E-state index in [1.54, 1.807) is 12.4 Å². The smallest absolute Gasteiger partial charge is 0.116 e. The fourth-order valence-electron chi connectivity index (χ4n) is 1.74. The molecule has 2 atom stereocenters. The average molecular weight is 248 g/mol. The Hall–Kier alpha value is -1.29. The van der Waals surface area contributed by atoms with Gasteiger partial charge in [-0.3, -0.25) is 0 Å². The summed E-state index contributed by atoms with van der Waals surface area (Å²) >= 11 is 4.35. The predicted molar refractivity (Wildman–Crippen MR) is 70.3 cm³/mol. The van der Waals surface area contributed by atoms with Gasteiger partial charge >= 0.3 is 0 Å². The van der Waals surface area contributed by atoms with E-state index in [2.05, 4.69) is 29.7 Å². The molecule has 2 aromatic heterocycles. The number of aromatic nitrogens is 2. The Labute approximate surface area is 107 Å². The highest BCUT2D eigenvalue weighted by Crippen LogP contribution is 2.25. The average Bonchev–Trinajstić information content (AvgIpc) is 2.79. The number of thiol groups is 1. The van der Waals surface area contributed by atoms with Gasteiger partial charge in [0.1, 0.15) is 11.5 Å². The monoisotopic (exact) mass is 248 g/mol. The van der Waals surface area contributed by atoms with Gasteiger partial charge in [-0.05, 0) is 36.6 Å². The van der Waals surface area contributed by atoms with Crippen LogP contribution in [0.3, 0.4) is 0 Å². The van der Waals surface area contributed by atoms with Crippen molar-refractivity contribution in [2.75, 3.05) is 0 Å². The zero-order valence-corrected chi connectivity index (χ0v) is 10.9. The van der Waals surface area contributed by atoms with Crippen LogP contribution in [0.1, 0.15) is 42.1 Å². The van der Waals surface area contributed by atoms with E-state index in [-0.39, 0.29) is 5.25 Å². The van der Waals surface area contributed by atoms with Gasteiger partial charge in [0.25, 0.3) is 0 Å². The molecule has 0 amide bonds.